The van der Waals surface area contributed by atoms with Crippen molar-refractivity contribution in [1.29, 1.82) is 0 Å². The van der Waals surface area contributed by atoms with Crippen LogP contribution in [0.25, 0.3) is 5.82 Å². The van der Waals surface area contributed by atoms with Gasteiger partial charge in [0.1, 0.15) is 11.6 Å². The first-order valence-corrected chi connectivity index (χ1v) is 6.16. The lowest BCUT2D eigenvalue weighted by Crippen LogP contribution is -2.35. The summed E-state index contributed by atoms with van der Waals surface area (Å²) in [5, 5.41) is 3.44. The number of aryl methyl sites for hydroxylation is 1. The van der Waals surface area contributed by atoms with E-state index in [1.807, 2.05) is 30.0 Å². The molecular formula is C14H20N4. The zero-order chi connectivity index (χ0) is 13.2. The number of nitrogens with zero attached hydrogens (tertiary/aromatic N) is 3. The first kappa shape index (κ1) is 12.8. The molecule has 0 saturated heterocycles. The first-order chi connectivity index (χ1) is 8.46. The van der Waals surface area contributed by atoms with Crippen LogP contribution in [0.4, 0.5) is 0 Å². The minimum atomic E-state index is 0.125. The van der Waals surface area contributed by atoms with E-state index >= 15 is 0 Å². The molecule has 0 aliphatic heterocycles. The van der Waals surface area contributed by atoms with Gasteiger partial charge < -0.3 is 5.32 Å². The number of hydrogen-bond donors (Lipinski definition) is 1. The Bertz CT molecular complexity index is 505. The first-order valence-electron chi connectivity index (χ1n) is 6.16. The van der Waals surface area contributed by atoms with Crippen molar-refractivity contribution in [3.63, 3.8) is 0 Å². The zero-order valence-corrected chi connectivity index (χ0v) is 11.4. The molecule has 18 heavy (non-hydrogen) atoms. The number of aromatic nitrogens is 3. The van der Waals surface area contributed by atoms with E-state index in [1.165, 1.54) is 5.56 Å². The normalized spacial score (nSPS) is 11.8. The average molecular weight is 244 g/mol. The lowest BCUT2D eigenvalue weighted by molar-refractivity contribution is 0.424. The Hall–Kier alpha value is -1.68. The van der Waals surface area contributed by atoms with Crippen LogP contribution < -0.4 is 5.32 Å². The van der Waals surface area contributed by atoms with Crippen LogP contribution in [-0.4, -0.2) is 20.1 Å². The van der Waals surface area contributed by atoms with Crippen LogP contribution in [0.2, 0.25) is 0 Å². The summed E-state index contributed by atoms with van der Waals surface area (Å²) in [4.78, 5) is 8.66. The molecule has 0 aliphatic rings. The molecule has 2 rings (SSSR count). The lowest BCUT2D eigenvalue weighted by atomic mass is 10.1. The minimum Gasteiger partial charge on any atom is -0.308 e. The molecule has 0 fully saturated rings. The molecule has 0 bridgehead atoms. The Kier molecular flexibility index (Phi) is 3.48. The molecule has 0 amide bonds. The molecular weight excluding hydrogens is 224 g/mol. The Morgan fingerprint density at radius 2 is 2.00 bits per heavy atom. The van der Waals surface area contributed by atoms with Gasteiger partial charge in [0, 0.05) is 30.7 Å². The van der Waals surface area contributed by atoms with Gasteiger partial charge in [-0.2, -0.15) is 0 Å². The standard InChI is InChI=1S/C14H20N4/c1-11-15-7-8-18(11)13-6-5-12(9-16-13)10-17-14(2,3)4/h5-9,17H,10H2,1-4H3. The maximum atomic E-state index is 4.47. The molecule has 4 heteroatoms. The van der Waals surface area contributed by atoms with Crippen LogP contribution in [0.1, 0.15) is 32.2 Å². The van der Waals surface area contributed by atoms with Crippen LogP contribution in [0, 0.1) is 6.92 Å². The van der Waals surface area contributed by atoms with Gasteiger partial charge in [0.25, 0.3) is 0 Å². The Labute approximate surface area is 108 Å². The predicted octanol–water partition coefficient (Wildman–Crippen LogP) is 2.46. The molecule has 96 valence electrons. The molecule has 2 aromatic rings. The molecule has 2 aromatic heterocycles. The van der Waals surface area contributed by atoms with Gasteiger partial charge in [-0.25, -0.2) is 9.97 Å². The molecule has 2 heterocycles. The third-order valence-electron chi connectivity index (χ3n) is 2.70. The van der Waals surface area contributed by atoms with Crippen molar-refractivity contribution in [1.82, 2.24) is 19.9 Å². The molecule has 1 N–H and O–H groups in total. The number of pyridine rings is 1. The largest absolute Gasteiger partial charge is 0.308 e. The monoisotopic (exact) mass is 244 g/mol. The fraction of sp³-hybridized carbons (Fsp3) is 0.429. The molecule has 0 atom stereocenters. The Balaban J connectivity index is 2.09. The summed E-state index contributed by atoms with van der Waals surface area (Å²) in [5.74, 6) is 1.85. The number of nitrogens with one attached hydrogen (secondary N) is 1. The van der Waals surface area contributed by atoms with Crippen LogP contribution in [0.15, 0.2) is 30.7 Å². The fourth-order valence-electron chi connectivity index (χ4n) is 1.65. The second-order valence-corrected chi connectivity index (χ2v) is 5.47. The summed E-state index contributed by atoms with van der Waals surface area (Å²) >= 11 is 0. The molecule has 0 aromatic carbocycles. The minimum absolute atomic E-state index is 0.125. The highest BCUT2D eigenvalue weighted by Gasteiger charge is 2.08. The Morgan fingerprint density at radius 3 is 2.50 bits per heavy atom. The highest BCUT2D eigenvalue weighted by Crippen LogP contribution is 2.09. The quantitative estimate of drug-likeness (QED) is 0.902. The molecule has 0 saturated carbocycles. The molecule has 0 spiro atoms. The highest BCUT2D eigenvalue weighted by atomic mass is 15.1. The summed E-state index contributed by atoms with van der Waals surface area (Å²) in [6.45, 7) is 9.27. The summed E-state index contributed by atoms with van der Waals surface area (Å²) in [6.07, 6.45) is 5.62. The van der Waals surface area contributed by atoms with E-state index in [4.69, 9.17) is 0 Å². The fourth-order valence-corrected chi connectivity index (χ4v) is 1.65. The molecule has 0 unspecified atom stereocenters. The SMILES string of the molecule is Cc1nccn1-c1ccc(CNC(C)(C)C)cn1. The van der Waals surface area contributed by atoms with Crippen molar-refractivity contribution < 1.29 is 0 Å². The second-order valence-electron chi connectivity index (χ2n) is 5.47. The highest BCUT2D eigenvalue weighted by molar-refractivity contribution is 5.27. The average Bonchev–Trinajstić information content (AvgIpc) is 2.73. The molecule has 4 nitrogen and oxygen atoms in total. The molecule has 0 aliphatic carbocycles. The van der Waals surface area contributed by atoms with Gasteiger partial charge in [-0.1, -0.05) is 6.07 Å². The van der Waals surface area contributed by atoms with Gasteiger partial charge in [-0.3, -0.25) is 4.57 Å². The van der Waals surface area contributed by atoms with Crippen LogP contribution in [0.5, 0.6) is 0 Å². The van der Waals surface area contributed by atoms with Crippen LogP contribution in [-0.2, 0) is 6.54 Å². The van der Waals surface area contributed by atoms with E-state index in [0.717, 1.165) is 18.2 Å². The van der Waals surface area contributed by atoms with E-state index in [0.29, 0.717) is 0 Å². The van der Waals surface area contributed by atoms with Gasteiger partial charge in [0.05, 0.1) is 0 Å². The Morgan fingerprint density at radius 1 is 1.22 bits per heavy atom. The molecule has 0 radical (unpaired) electrons. The van der Waals surface area contributed by atoms with Crippen molar-refractivity contribution in [2.45, 2.75) is 39.8 Å². The van der Waals surface area contributed by atoms with Gasteiger partial charge in [-0.05, 0) is 39.3 Å². The second kappa shape index (κ2) is 4.90. The summed E-state index contributed by atoms with van der Waals surface area (Å²) in [7, 11) is 0. The van der Waals surface area contributed by atoms with Gasteiger partial charge >= 0.3 is 0 Å². The number of rotatable bonds is 3. The maximum Gasteiger partial charge on any atom is 0.137 e. The van der Waals surface area contributed by atoms with Gasteiger partial charge in [-0.15, -0.1) is 0 Å². The van der Waals surface area contributed by atoms with E-state index in [-0.39, 0.29) is 5.54 Å². The summed E-state index contributed by atoms with van der Waals surface area (Å²) < 4.78 is 1.97. The maximum absolute atomic E-state index is 4.47. The van der Waals surface area contributed by atoms with Crippen molar-refractivity contribution in [3.05, 3.63) is 42.1 Å². The lowest BCUT2D eigenvalue weighted by Gasteiger charge is -2.20. The summed E-state index contributed by atoms with van der Waals surface area (Å²) in [6, 6.07) is 4.12. The third-order valence-corrected chi connectivity index (χ3v) is 2.70. The van der Waals surface area contributed by atoms with E-state index < -0.39 is 0 Å². The van der Waals surface area contributed by atoms with Gasteiger partial charge in [0.2, 0.25) is 0 Å². The smallest absolute Gasteiger partial charge is 0.137 e. The predicted molar refractivity (Wildman–Crippen MR) is 72.7 cm³/mol. The number of hydrogen-bond acceptors (Lipinski definition) is 3. The van der Waals surface area contributed by atoms with Crippen LogP contribution >= 0.6 is 0 Å². The third kappa shape index (κ3) is 3.17. The number of imidazole rings is 1. The zero-order valence-electron chi connectivity index (χ0n) is 11.4. The van der Waals surface area contributed by atoms with Crippen LogP contribution in [0.3, 0.4) is 0 Å². The van der Waals surface area contributed by atoms with Crippen molar-refractivity contribution in [2.24, 2.45) is 0 Å². The van der Waals surface area contributed by atoms with E-state index in [2.05, 4.69) is 42.1 Å². The van der Waals surface area contributed by atoms with Crippen molar-refractivity contribution in [3.8, 4) is 5.82 Å². The van der Waals surface area contributed by atoms with E-state index in [9.17, 15) is 0 Å². The van der Waals surface area contributed by atoms with Crippen molar-refractivity contribution in [2.75, 3.05) is 0 Å². The topological polar surface area (TPSA) is 42.7 Å². The van der Waals surface area contributed by atoms with Gasteiger partial charge in [0.15, 0.2) is 0 Å². The summed E-state index contributed by atoms with van der Waals surface area (Å²) in [5.41, 5.74) is 1.31. The van der Waals surface area contributed by atoms with E-state index in [1.54, 1.807) is 6.20 Å². The van der Waals surface area contributed by atoms with Crippen molar-refractivity contribution >= 4 is 0 Å².